The van der Waals surface area contributed by atoms with Crippen LogP contribution in [0.3, 0.4) is 0 Å². The molecular formula is C96H141N15O36. The summed E-state index contributed by atoms with van der Waals surface area (Å²) >= 11 is 0. The average Bonchev–Trinajstić information content (AvgIpc) is 1.61. The second kappa shape index (κ2) is 42.2. The molecule has 0 aliphatic carbocycles. The molecule has 816 valence electrons. The van der Waals surface area contributed by atoms with Crippen LogP contribution in [0.2, 0.25) is 0 Å². The van der Waals surface area contributed by atoms with Gasteiger partial charge >= 0.3 is 103 Å². The van der Waals surface area contributed by atoms with Crippen molar-refractivity contribution in [1.82, 2.24) is 68.5 Å². The first-order chi connectivity index (χ1) is 69.3. The van der Waals surface area contributed by atoms with Crippen molar-refractivity contribution in [3.8, 4) is 0 Å². The van der Waals surface area contributed by atoms with Gasteiger partial charge in [-0.15, -0.1) is 0 Å². The van der Waals surface area contributed by atoms with E-state index < -0.39 is 157 Å². The lowest BCUT2D eigenvalue weighted by Gasteiger charge is -2.17. The van der Waals surface area contributed by atoms with Crippen LogP contribution in [0.1, 0.15) is 200 Å². The van der Waals surface area contributed by atoms with Crippen molar-refractivity contribution >= 4 is 17.9 Å². The predicted octanol–water partition coefficient (Wildman–Crippen LogP) is -2.84. The third-order valence-electron chi connectivity index (χ3n) is 31.0. The summed E-state index contributed by atoms with van der Waals surface area (Å²) in [6, 6.07) is 0. The summed E-state index contributed by atoms with van der Waals surface area (Å²) in [6.45, 7) is 35.1. The number of carbonyl (C=O) groups is 3. The molecule has 24 atom stereocenters. The van der Waals surface area contributed by atoms with E-state index in [1.54, 1.807) is 0 Å². The molecule has 15 aliphatic rings. The number of ether oxygens (including phenoxy) is 18. The lowest BCUT2D eigenvalue weighted by atomic mass is 10.0. The molecular weight excluding hydrogens is 1940 g/mol. The van der Waals surface area contributed by atoms with Gasteiger partial charge in [-0.2, -0.15) is 0 Å². The van der Waals surface area contributed by atoms with Crippen molar-refractivity contribution in [1.29, 1.82) is 0 Å². The van der Waals surface area contributed by atoms with Crippen molar-refractivity contribution in [3.05, 3.63) is 157 Å². The van der Waals surface area contributed by atoms with Gasteiger partial charge < -0.3 is 85.3 Å². The molecule has 147 heavy (non-hydrogen) atoms. The summed E-state index contributed by atoms with van der Waals surface area (Å²) in [5.74, 6) is -2.00. The number of carbonyl (C=O) groups excluding carboxylic acids is 3. The quantitative estimate of drug-likeness (QED) is 0.0215. The molecule has 0 spiro atoms. The molecule has 24 unspecified atom stereocenters. The third-order valence-corrected chi connectivity index (χ3v) is 31.0. The third kappa shape index (κ3) is 26.2. The number of aromatic nitrogens is 15. The number of methoxy groups -OCH3 is 3. The molecule has 20 heterocycles. The number of esters is 3. The number of hydrogen-bond acceptors (Lipinski definition) is 36. The van der Waals surface area contributed by atoms with Crippen LogP contribution in [-0.4, -0.2) is 289 Å². The zero-order valence-corrected chi connectivity index (χ0v) is 87.0. The first-order valence-electron chi connectivity index (χ1n) is 51.0. The van der Waals surface area contributed by atoms with Gasteiger partial charge in [-0.3, -0.25) is 0 Å². The van der Waals surface area contributed by atoms with Crippen molar-refractivity contribution in [2.45, 2.75) is 440 Å². The predicted molar refractivity (Wildman–Crippen MR) is 513 cm³/mol. The zero-order valence-electron chi connectivity index (χ0n) is 87.0. The standard InChI is InChI=1S/C24H39N3O6.C21H33N3O6.C18H21N3O12.C18H27N3O6.C15H21N3O6/c1-16-22(4,31-16)10-7-13-25-19(28)26(14-8-11-23(5)17(2)32-23)21(30)27(20(25)29)15-9-12-24(6)18(3)33-24;1-19(13-28-19)7-4-10-22-16(25)23(11-5-8-20(2)14-29-20)18(27)24(17(22)26)12-6-9-21(3)15-30-21;1-28-13(22)10-7(31-10)4-19-16(25)20(5-8-11(32-8)14(23)29-2)18(27)21(17(19)26)6-9-12(33-9)15(24)30-3;1-10-13(25-10)4-7-19-16(22)20(8-5-14-11(2)26-14)18(24)21(17(19)23)9-6-15-12(3)27-15;1-13(7-22-13)4-16-10(19)17(5-14(2)8-23-14)12(21)18(11(16)20)6-15(3)9-24-15/h16-18H,7-15H2,1-6H3;4-15H2,1-3H3;7-12H,4-6H2,1-3H3;10-15H,4-9H2,1-3H3;4-9H2,1-3H3. The summed E-state index contributed by atoms with van der Waals surface area (Å²) in [4.78, 5) is 229. The van der Waals surface area contributed by atoms with E-state index in [-0.39, 0.29) is 167 Å². The monoisotopic (exact) mass is 2080 g/mol. The number of hydrogen-bond donors (Lipinski definition) is 0. The number of nitrogens with zero attached hydrogens (tertiary/aromatic N) is 15. The van der Waals surface area contributed by atoms with Crippen LogP contribution in [0.15, 0.2) is 71.9 Å². The van der Waals surface area contributed by atoms with Gasteiger partial charge in [-0.1, -0.05) is 0 Å². The Balaban J connectivity index is 0.000000132. The van der Waals surface area contributed by atoms with Crippen LogP contribution in [0.4, 0.5) is 0 Å². The van der Waals surface area contributed by atoms with Crippen molar-refractivity contribution < 1.29 is 99.6 Å². The summed E-state index contributed by atoms with van der Waals surface area (Å²) in [5, 5.41) is 0. The summed E-state index contributed by atoms with van der Waals surface area (Å²) in [6.07, 6.45) is 6.33. The highest BCUT2D eigenvalue weighted by Crippen LogP contribution is 2.43. The summed E-state index contributed by atoms with van der Waals surface area (Å²) < 4.78 is 111. The maximum atomic E-state index is 13.1. The molecule has 5 aromatic rings. The highest BCUT2D eigenvalue weighted by Gasteiger charge is 2.55. The molecule has 15 fully saturated rings. The van der Waals surface area contributed by atoms with Crippen LogP contribution >= 0.6 is 0 Å². The molecule has 51 heteroatoms. The van der Waals surface area contributed by atoms with Gasteiger partial charge in [0.05, 0.1) is 189 Å². The first-order valence-corrected chi connectivity index (χ1v) is 51.0. The van der Waals surface area contributed by atoms with E-state index in [2.05, 4.69) is 14.2 Å². The van der Waals surface area contributed by atoms with Gasteiger partial charge in [0.25, 0.3) is 0 Å². The van der Waals surface area contributed by atoms with Gasteiger partial charge in [-0.05, 0) is 200 Å². The molecule has 15 saturated heterocycles. The molecule has 20 rings (SSSR count). The minimum Gasteiger partial charge on any atom is -0.467 e. The highest BCUT2D eigenvalue weighted by molar-refractivity contribution is 5.78. The van der Waals surface area contributed by atoms with Crippen LogP contribution in [0.25, 0.3) is 0 Å². The fourth-order valence-electron chi connectivity index (χ4n) is 18.7. The van der Waals surface area contributed by atoms with E-state index in [9.17, 15) is 86.3 Å². The van der Waals surface area contributed by atoms with Crippen molar-refractivity contribution in [2.24, 2.45) is 0 Å². The topological polar surface area (TPSA) is 597 Å². The summed E-state index contributed by atoms with van der Waals surface area (Å²) in [5.41, 5.74) is -12.0. The minimum absolute atomic E-state index is 0.0755. The smallest absolute Gasteiger partial charge is 0.337 e. The minimum atomic E-state index is -0.972. The Morgan fingerprint density at radius 1 is 0.245 bits per heavy atom. The molecule has 0 amide bonds. The Morgan fingerprint density at radius 3 is 0.571 bits per heavy atom. The van der Waals surface area contributed by atoms with Gasteiger partial charge in [0.2, 0.25) is 0 Å². The lowest BCUT2D eigenvalue weighted by molar-refractivity contribution is -0.142. The van der Waals surface area contributed by atoms with E-state index in [0.29, 0.717) is 117 Å². The molecule has 15 aliphatic heterocycles. The van der Waals surface area contributed by atoms with E-state index in [1.807, 2.05) is 104 Å². The van der Waals surface area contributed by atoms with Crippen molar-refractivity contribution in [3.63, 3.8) is 0 Å². The highest BCUT2D eigenvalue weighted by atomic mass is 16.7. The molecule has 0 bridgehead atoms. The number of rotatable bonds is 48. The Morgan fingerprint density at radius 2 is 0.408 bits per heavy atom. The summed E-state index contributed by atoms with van der Waals surface area (Å²) in [7, 11) is 3.50. The van der Waals surface area contributed by atoms with E-state index >= 15 is 0 Å². The number of epoxide rings is 15. The van der Waals surface area contributed by atoms with E-state index in [4.69, 9.17) is 71.1 Å². The first kappa shape index (κ1) is 110. The maximum Gasteiger partial charge on any atom is 0.337 e. The fraction of sp³-hybridized carbons (Fsp3) is 0.812. The SMILES string of the molecule is CC1(CCCn2c(=O)n(CCCC3(C)CO3)c(=O)n(CCCC3(C)CO3)c2=O)CO1.CC1(Cn2c(=O)n(CC3(C)CO3)c(=O)n(CC3(C)CO3)c2=O)CO1.CC1OC1(C)CCCn1c(=O)n(CCCC2(C)OC2C)c(=O)n(CCCC2(C)OC2C)c1=O.CC1OC1CCn1c(=O)n(CCC2OC2C)c(=O)n(CCC2OC2C)c1=O.COC(=O)C1OC1Cn1c(=O)n(CC2OC2C(=O)OC)c(=O)n(CC2OC2C(=O)OC)c1=O. The lowest BCUT2D eigenvalue weighted by Crippen LogP contribution is -2.57. The molecule has 0 N–H and O–H groups in total. The van der Waals surface area contributed by atoms with Gasteiger partial charge in [0.1, 0.15) is 35.1 Å². The Kier molecular flexibility index (Phi) is 31.5. The van der Waals surface area contributed by atoms with Crippen LogP contribution in [0, 0.1) is 0 Å². The Labute approximate surface area is 841 Å². The van der Waals surface area contributed by atoms with E-state index in [1.165, 1.54) is 62.4 Å². The second-order valence-electron chi connectivity index (χ2n) is 43.8. The molecule has 5 aromatic heterocycles. The second-order valence-corrected chi connectivity index (χ2v) is 43.8. The zero-order chi connectivity index (χ0) is 106. The fourth-order valence-corrected chi connectivity index (χ4v) is 18.7. The van der Waals surface area contributed by atoms with Crippen LogP contribution < -0.4 is 85.3 Å². The Bertz CT molecular complexity index is 6030. The average molecular weight is 2080 g/mol. The maximum absolute atomic E-state index is 13.1. The van der Waals surface area contributed by atoms with Gasteiger partial charge in [0.15, 0.2) is 18.3 Å². The van der Waals surface area contributed by atoms with Crippen LogP contribution in [-0.2, 0) is 198 Å². The normalized spacial score (nSPS) is 33.5. The van der Waals surface area contributed by atoms with Gasteiger partial charge in [-0.25, -0.2) is 155 Å². The Hall–Kier alpha value is -10.1. The largest absolute Gasteiger partial charge is 0.467 e. The molecule has 0 aromatic carbocycles. The van der Waals surface area contributed by atoms with Crippen LogP contribution in [0.5, 0.6) is 0 Å². The van der Waals surface area contributed by atoms with Gasteiger partial charge in [0, 0.05) is 58.9 Å². The molecule has 0 saturated carbocycles. The molecule has 0 radical (unpaired) electrons. The molecule has 51 nitrogen and oxygen atoms in total. The van der Waals surface area contributed by atoms with E-state index in [0.717, 1.165) is 65.9 Å². The van der Waals surface area contributed by atoms with Crippen molar-refractivity contribution in [2.75, 3.05) is 61.0 Å².